The SMILES string of the molecule is COc1ccc(Nc2cc(Cl)ccc2OC)c([N+](=O)[O-])c1. The Morgan fingerprint density at radius 1 is 1.10 bits per heavy atom. The lowest BCUT2D eigenvalue weighted by Gasteiger charge is -2.12. The van der Waals surface area contributed by atoms with Gasteiger partial charge in [0, 0.05) is 5.02 Å². The molecule has 110 valence electrons. The van der Waals surface area contributed by atoms with E-state index in [4.69, 9.17) is 21.1 Å². The van der Waals surface area contributed by atoms with Crippen LogP contribution >= 0.6 is 11.6 Å². The van der Waals surface area contributed by atoms with Gasteiger partial charge in [-0.05, 0) is 30.3 Å². The van der Waals surface area contributed by atoms with Crippen LogP contribution in [0.25, 0.3) is 0 Å². The average molecular weight is 309 g/mol. The summed E-state index contributed by atoms with van der Waals surface area (Å²) in [6.07, 6.45) is 0. The predicted molar refractivity (Wildman–Crippen MR) is 80.9 cm³/mol. The summed E-state index contributed by atoms with van der Waals surface area (Å²) >= 11 is 5.94. The zero-order valence-corrected chi connectivity index (χ0v) is 12.2. The molecule has 0 fully saturated rings. The Morgan fingerprint density at radius 2 is 1.86 bits per heavy atom. The van der Waals surface area contributed by atoms with Gasteiger partial charge in [-0.2, -0.15) is 0 Å². The van der Waals surface area contributed by atoms with Gasteiger partial charge in [-0.15, -0.1) is 0 Å². The first-order valence-electron chi connectivity index (χ1n) is 5.98. The van der Waals surface area contributed by atoms with Crippen molar-refractivity contribution in [2.75, 3.05) is 19.5 Å². The van der Waals surface area contributed by atoms with E-state index in [9.17, 15) is 10.1 Å². The maximum absolute atomic E-state index is 11.2. The van der Waals surface area contributed by atoms with Crippen LogP contribution in [0.1, 0.15) is 0 Å². The molecule has 0 atom stereocenters. The van der Waals surface area contributed by atoms with Gasteiger partial charge >= 0.3 is 0 Å². The number of hydrogen-bond donors (Lipinski definition) is 1. The molecule has 0 amide bonds. The smallest absolute Gasteiger partial charge is 0.296 e. The first-order chi connectivity index (χ1) is 10.0. The second-order valence-corrected chi connectivity index (χ2v) is 4.55. The Balaban J connectivity index is 2.44. The summed E-state index contributed by atoms with van der Waals surface area (Å²) in [5, 5.41) is 14.6. The van der Waals surface area contributed by atoms with Crippen molar-refractivity contribution in [1.29, 1.82) is 0 Å². The van der Waals surface area contributed by atoms with Crippen molar-refractivity contribution in [3.05, 3.63) is 51.5 Å². The third kappa shape index (κ3) is 3.35. The van der Waals surface area contributed by atoms with Crippen LogP contribution in [0.3, 0.4) is 0 Å². The molecule has 0 radical (unpaired) electrons. The van der Waals surface area contributed by atoms with E-state index >= 15 is 0 Å². The largest absolute Gasteiger partial charge is 0.496 e. The topological polar surface area (TPSA) is 73.6 Å². The highest BCUT2D eigenvalue weighted by Gasteiger charge is 2.16. The minimum atomic E-state index is -0.484. The molecule has 0 bridgehead atoms. The highest BCUT2D eigenvalue weighted by Crippen LogP contribution is 2.35. The molecule has 0 spiro atoms. The van der Waals surface area contributed by atoms with Gasteiger partial charge in [-0.3, -0.25) is 10.1 Å². The first kappa shape index (κ1) is 14.9. The number of anilines is 2. The number of benzene rings is 2. The number of nitrogens with one attached hydrogen (secondary N) is 1. The van der Waals surface area contributed by atoms with Crippen LogP contribution in [-0.4, -0.2) is 19.1 Å². The zero-order valence-electron chi connectivity index (χ0n) is 11.4. The van der Waals surface area contributed by atoms with Crippen molar-refractivity contribution in [2.24, 2.45) is 0 Å². The molecule has 0 saturated heterocycles. The standard InChI is InChI=1S/C14H13ClN2O4/c1-20-10-4-5-11(13(8-10)17(18)19)16-12-7-9(15)3-6-14(12)21-2/h3-8,16H,1-2H3. The van der Waals surface area contributed by atoms with Gasteiger partial charge in [-0.1, -0.05) is 11.6 Å². The van der Waals surface area contributed by atoms with E-state index in [-0.39, 0.29) is 5.69 Å². The van der Waals surface area contributed by atoms with Crippen molar-refractivity contribution in [1.82, 2.24) is 0 Å². The molecule has 2 aromatic rings. The molecule has 2 rings (SSSR count). The van der Waals surface area contributed by atoms with Crippen LogP contribution in [0, 0.1) is 10.1 Å². The number of hydrogen-bond acceptors (Lipinski definition) is 5. The van der Waals surface area contributed by atoms with Gasteiger partial charge in [0.2, 0.25) is 0 Å². The van der Waals surface area contributed by atoms with Gasteiger partial charge < -0.3 is 14.8 Å². The van der Waals surface area contributed by atoms with Gasteiger partial charge in [0.15, 0.2) is 0 Å². The summed E-state index contributed by atoms with van der Waals surface area (Å²) in [6, 6.07) is 9.53. The van der Waals surface area contributed by atoms with Crippen LogP contribution in [0.15, 0.2) is 36.4 Å². The third-order valence-corrected chi connectivity index (χ3v) is 3.07. The molecular formula is C14H13ClN2O4. The Morgan fingerprint density at radius 3 is 2.48 bits per heavy atom. The summed E-state index contributed by atoms with van der Waals surface area (Å²) in [4.78, 5) is 10.7. The maximum atomic E-state index is 11.2. The number of methoxy groups -OCH3 is 2. The van der Waals surface area contributed by atoms with E-state index in [0.29, 0.717) is 27.9 Å². The fourth-order valence-corrected chi connectivity index (χ4v) is 1.99. The fourth-order valence-electron chi connectivity index (χ4n) is 1.82. The lowest BCUT2D eigenvalue weighted by molar-refractivity contribution is -0.384. The van der Waals surface area contributed by atoms with Crippen molar-refractivity contribution in [2.45, 2.75) is 0 Å². The highest BCUT2D eigenvalue weighted by molar-refractivity contribution is 6.31. The molecule has 0 saturated carbocycles. The molecular weight excluding hydrogens is 296 g/mol. The molecule has 0 aliphatic rings. The lowest BCUT2D eigenvalue weighted by Crippen LogP contribution is -1.99. The van der Waals surface area contributed by atoms with Gasteiger partial charge in [0.25, 0.3) is 5.69 Å². The minimum Gasteiger partial charge on any atom is -0.496 e. The number of nitro benzene ring substituents is 1. The number of nitro groups is 1. The number of rotatable bonds is 5. The van der Waals surface area contributed by atoms with E-state index in [1.54, 1.807) is 30.3 Å². The second-order valence-electron chi connectivity index (χ2n) is 4.11. The van der Waals surface area contributed by atoms with Crippen LogP contribution in [0.4, 0.5) is 17.1 Å². The van der Waals surface area contributed by atoms with E-state index in [1.807, 2.05) is 0 Å². The Labute approximate surface area is 126 Å². The fraction of sp³-hybridized carbons (Fsp3) is 0.143. The monoisotopic (exact) mass is 308 g/mol. The normalized spacial score (nSPS) is 10.0. The van der Waals surface area contributed by atoms with E-state index in [1.165, 1.54) is 20.3 Å². The van der Waals surface area contributed by atoms with E-state index in [2.05, 4.69) is 5.32 Å². The summed E-state index contributed by atoms with van der Waals surface area (Å²) in [5.74, 6) is 0.940. The molecule has 0 unspecified atom stereocenters. The average Bonchev–Trinajstić information content (AvgIpc) is 2.47. The summed E-state index contributed by atoms with van der Waals surface area (Å²) in [6.45, 7) is 0. The van der Waals surface area contributed by atoms with Crippen LogP contribution in [0.5, 0.6) is 11.5 Å². The van der Waals surface area contributed by atoms with Crippen molar-refractivity contribution >= 4 is 28.7 Å². The third-order valence-electron chi connectivity index (χ3n) is 2.83. The molecule has 1 N–H and O–H groups in total. The quantitative estimate of drug-likeness (QED) is 0.667. The van der Waals surface area contributed by atoms with Crippen molar-refractivity contribution in [3.63, 3.8) is 0 Å². The molecule has 0 aromatic heterocycles. The second kappa shape index (κ2) is 6.32. The van der Waals surface area contributed by atoms with Crippen LogP contribution < -0.4 is 14.8 Å². The van der Waals surface area contributed by atoms with Gasteiger partial charge in [-0.25, -0.2) is 0 Å². The van der Waals surface area contributed by atoms with E-state index in [0.717, 1.165) is 0 Å². The molecule has 0 aliphatic heterocycles. The molecule has 2 aromatic carbocycles. The Kier molecular flexibility index (Phi) is 4.49. The molecule has 6 nitrogen and oxygen atoms in total. The Hall–Kier alpha value is -2.47. The summed E-state index contributed by atoms with van der Waals surface area (Å²) in [5.41, 5.74) is 0.760. The predicted octanol–water partition coefficient (Wildman–Crippen LogP) is 4.01. The van der Waals surface area contributed by atoms with Gasteiger partial charge in [0.05, 0.1) is 30.9 Å². The van der Waals surface area contributed by atoms with Crippen LogP contribution in [-0.2, 0) is 0 Å². The van der Waals surface area contributed by atoms with Crippen molar-refractivity contribution in [3.8, 4) is 11.5 Å². The van der Waals surface area contributed by atoms with Gasteiger partial charge in [0.1, 0.15) is 17.2 Å². The highest BCUT2D eigenvalue weighted by atomic mass is 35.5. The lowest BCUT2D eigenvalue weighted by atomic mass is 10.2. The number of halogens is 1. The molecule has 0 aliphatic carbocycles. The zero-order chi connectivity index (χ0) is 15.4. The summed E-state index contributed by atoms with van der Waals surface area (Å²) in [7, 11) is 2.96. The number of nitrogens with zero attached hydrogens (tertiary/aromatic N) is 1. The number of ether oxygens (including phenoxy) is 2. The molecule has 0 heterocycles. The molecule has 7 heteroatoms. The maximum Gasteiger partial charge on any atom is 0.296 e. The van der Waals surface area contributed by atoms with Crippen molar-refractivity contribution < 1.29 is 14.4 Å². The Bertz CT molecular complexity index is 676. The van der Waals surface area contributed by atoms with Crippen LogP contribution in [0.2, 0.25) is 5.02 Å². The molecule has 21 heavy (non-hydrogen) atoms. The minimum absolute atomic E-state index is 0.101. The summed E-state index contributed by atoms with van der Waals surface area (Å²) < 4.78 is 10.2. The van der Waals surface area contributed by atoms with E-state index < -0.39 is 4.92 Å². The first-order valence-corrected chi connectivity index (χ1v) is 6.36.